The second-order valence-corrected chi connectivity index (χ2v) is 7.18. The lowest BCUT2D eigenvalue weighted by Crippen LogP contribution is -2.22. The van der Waals surface area contributed by atoms with Gasteiger partial charge in [0.15, 0.2) is 0 Å². The van der Waals surface area contributed by atoms with Crippen LogP contribution in [-0.4, -0.2) is 37.5 Å². The van der Waals surface area contributed by atoms with Gasteiger partial charge in [-0.05, 0) is 18.9 Å². The number of halogens is 3. The average Bonchev–Trinajstić information content (AvgIpc) is 3.33. The molecule has 1 fully saturated rings. The first kappa shape index (κ1) is 18.1. The number of imidazole rings is 1. The molecule has 0 spiro atoms. The van der Waals surface area contributed by atoms with Crippen LogP contribution in [0.25, 0.3) is 21.9 Å². The normalized spacial score (nSPS) is 16.1. The number of hydrogen-bond donors (Lipinski definition) is 0. The van der Waals surface area contributed by atoms with E-state index >= 15 is 0 Å². The molecule has 5 rings (SSSR count). The van der Waals surface area contributed by atoms with Crippen LogP contribution in [-0.2, 0) is 17.5 Å². The minimum absolute atomic E-state index is 0.149. The Hall–Kier alpha value is -2.94. The smallest absolute Gasteiger partial charge is 0.381 e. The lowest BCUT2D eigenvalue weighted by Gasteiger charge is -2.26. The molecule has 0 radical (unpaired) electrons. The van der Waals surface area contributed by atoms with Crippen molar-refractivity contribution in [3.63, 3.8) is 0 Å². The van der Waals surface area contributed by atoms with E-state index in [4.69, 9.17) is 9.72 Å². The van der Waals surface area contributed by atoms with Crippen molar-refractivity contribution < 1.29 is 17.9 Å². The Kier molecular flexibility index (Phi) is 4.27. The lowest BCUT2D eigenvalue weighted by atomic mass is 10.1. The van der Waals surface area contributed by atoms with Gasteiger partial charge in [-0.2, -0.15) is 18.3 Å². The molecule has 29 heavy (non-hydrogen) atoms. The van der Waals surface area contributed by atoms with Crippen molar-refractivity contribution >= 4 is 21.9 Å². The van der Waals surface area contributed by atoms with Crippen molar-refractivity contribution in [3.8, 4) is 0 Å². The zero-order chi connectivity index (χ0) is 20.0. The quantitative estimate of drug-likeness (QED) is 0.516. The summed E-state index contributed by atoms with van der Waals surface area (Å²) in [5, 5.41) is 4.88. The van der Waals surface area contributed by atoms with Crippen molar-refractivity contribution in [3.05, 3.63) is 54.2 Å². The van der Waals surface area contributed by atoms with Gasteiger partial charge in [-0.15, -0.1) is 0 Å². The van der Waals surface area contributed by atoms with E-state index in [1.54, 1.807) is 6.20 Å². The summed E-state index contributed by atoms with van der Waals surface area (Å²) in [4.78, 5) is 9.20. The maximum Gasteiger partial charge on any atom is 0.419 e. The number of benzene rings is 1. The summed E-state index contributed by atoms with van der Waals surface area (Å²) < 4.78 is 47.8. The summed E-state index contributed by atoms with van der Waals surface area (Å²) in [5.74, 6) is 0.668. The molecule has 6 nitrogen and oxygen atoms in total. The highest BCUT2D eigenvalue weighted by atomic mass is 19.4. The highest BCUT2D eigenvalue weighted by molar-refractivity contribution is 6.02. The van der Waals surface area contributed by atoms with E-state index in [2.05, 4.69) is 14.6 Å². The molecule has 1 saturated heterocycles. The molecule has 0 aliphatic carbocycles. The van der Waals surface area contributed by atoms with Crippen LogP contribution >= 0.6 is 0 Å². The molecule has 0 amide bonds. The minimum atomic E-state index is -4.42. The predicted octanol–water partition coefficient (Wildman–Crippen LogP) is 4.20. The van der Waals surface area contributed by atoms with Gasteiger partial charge in [-0.3, -0.25) is 9.67 Å². The molecular weight excluding hydrogens is 383 g/mol. The summed E-state index contributed by atoms with van der Waals surface area (Å²) in [6.07, 6.45) is 0.812. The third kappa shape index (κ3) is 3.25. The van der Waals surface area contributed by atoms with Gasteiger partial charge in [0.1, 0.15) is 11.3 Å². The zero-order valence-corrected chi connectivity index (χ0v) is 15.4. The highest BCUT2D eigenvalue weighted by Gasteiger charge is 2.32. The summed E-state index contributed by atoms with van der Waals surface area (Å²) in [7, 11) is 0. The fraction of sp³-hybridized carbons (Fsp3) is 0.350. The minimum Gasteiger partial charge on any atom is -0.381 e. The van der Waals surface area contributed by atoms with Crippen LogP contribution in [0.15, 0.2) is 42.9 Å². The number of pyridine rings is 1. The van der Waals surface area contributed by atoms with Crippen molar-refractivity contribution in [1.82, 2.24) is 24.3 Å². The van der Waals surface area contributed by atoms with Crippen molar-refractivity contribution in [1.29, 1.82) is 0 Å². The number of aromatic nitrogens is 5. The van der Waals surface area contributed by atoms with Gasteiger partial charge in [0, 0.05) is 30.8 Å². The van der Waals surface area contributed by atoms with Gasteiger partial charge in [-0.1, -0.05) is 18.2 Å². The van der Waals surface area contributed by atoms with E-state index in [1.807, 2.05) is 24.3 Å². The fourth-order valence-corrected chi connectivity index (χ4v) is 3.96. The topological polar surface area (TPSA) is 57.8 Å². The third-order valence-corrected chi connectivity index (χ3v) is 5.32. The Morgan fingerprint density at radius 2 is 1.86 bits per heavy atom. The highest BCUT2D eigenvalue weighted by Crippen LogP contribution is 2.33. The molecular formula is C20H18F3N5O. The van der Waals surface area contributed by atoms with Crippen LogP contribution in [0.1, 0.15) is 30.3 Å². The first-order valence-corrected chi connectivity index (χ1v) is 9.42. The first-order chi connectivity index (χ1) is 14.0. The van der Waals surface area contributed by atoms with Gasteiger partial charge in [0.25, 0.3) is 0 Å². The van der Waals surface area contributed by atoms with E-state index in [0.717, 1.165) is 47.2 Å². The van der Waals surface area contributed by atoms with Gasteiger partial charge in [0.2, 0.25) is 0 Å². The van der Waals surface area contributed by atoms with Gasteiger partial charge in [0.05, 0.1) is 35.5 Å². The first-order valence-electron chi connectivity index (χ1n) is 9.42. The zero-order valence-electron chi connectivity index (χ0n) is 15.4. The molecule has 9 heteroatoms. The molecule has 0 unspecified atom stereocenters. The van der Waals surface area contributed by atoms with Crippen molar-refractivity contribution in [2.45, 2.75) is 31.6 Å². The summed E-state index contributed by atoms with van der Waals surface area (Å²) >= 11 is 0. The standard InChI is InChI=1S/C20H18F3N5O/c21-20(22,23)13-9-25-27(11-13)12-18-26-17-10-24-16-4-2-1-3-15(16)19(17)28(18)14-5-7-29-8-6-14/h1-4,9-11,14H,5-8,12H2. The maximum absolute atomic E-state index is 13.0. The Morgan fingerprint density at radius 3 is 2.62 bits per heavy atom. The molecule has 4 aromatic rings. The Labute approximate surface area is 163 Å². The lowest BCUT2D eigenvalue weighted by molar-refractivity contribution is -0.137. The summed E-state index contributed by atoms with van der Waals surface area (Å²) in [6, 6.07) is 7.99. The number of alkyl halides is 3. The number of para-hydroxylation sites is 1. The molecule has 1 aromatic carbocycles. The van der Waals surface area contributed by atoms with Gasteiger partial charge in [-0.25, -0.2) is 4.98 Å². The summed E-state index contributed by atoms with van der Waals surface area (Å²) in [6.45, 7) is 1.44. The van der Waals surface area contributed by atoms with Crippen LogP contribution in [0.5, 0.6) is 0 Å². The number of nitrogens with zero attached hydrogens (tertiary/aromatic N) is 5. The van der Waals surface area contributed by atoms with Crippen molar-refractivity contribution in [2.75, 3.05) is 13.2 Å². The van der Waals surface area contributed by atoms with Crippen LogP contribution in [0.3, 0.4) is 0 Å². The number of rotatable bonds is 3. The summed E-state index contributed by atoms with van der Waals surface area (Å²) in [5.41, 5.74) is 1.78. The number of hydrogen-bond acceptors (Lipinski definition) is 4. The third-order valence-electron chi connectivity index (χ3n) is 5.32. The van der Waals surface area contributed by atoms with E-state index in [-0.39, 0.29) is 12.6 Å². The van der Waals surface area contributed by atoms with Gasteiger partial charge < -0.3 is 9.30 Å². The Balaban J connectivity index is 1.66. The Morgan fingerprint density at radius 1 is 1.07 bits per heavy atom. The molecule has 1 aliphatic rings. The maximum atomic E-state index is 13.0. The molecule has 0 saturated carbocycles. The molecule has 0 bridgehead atoms. The molecule has 0 atom stereocenters. The van der Waals surface area contributed by atoms with Crippen LogP contribution in [0.2, 0.25) is 0 Å². The van der Waals surface area contributed by atoms with E-state index in [1.165, 1.54) is 4.68 Å². The molecule has 0 N–H and O–H groups in total. The predicted molar refractivity (Wildman–Crippen MR) is 100 cm³/mol. The van der Waals surface area contributed by atoms with E-state index < -0.39 is 11.7 Å². The van der Waals surface area contributed by atoms with E-state index in [0.29, 0.717) is 19.0 Å². The largest absolute Gasteiger partial charge is 0.419 e. The number of ether oxygens (including phenoxy) is 1. The molecule has 3 aromatic heterocycles. The van der Waals surface area contributed by atoms with Crippen molar-refractivity contribution in [2.24, 2.45) is 0 Å². The number of fused-ring (bicyclic) bond motifs is 3. The van der Waals surface area contributed by atoms with Gasteiger partial charge >= 0.3 is 6.18 Å². The Bertz CT molecular complexity index is 1170. The van der Waals surface area contributed by atoms with Crippen LogP contribution in [0.4, 0.5) is 13.2 Å². The van der Waals surface area contributed by atoms with Crippen LogP contribution in [0, 0.1) is 0 Å². The average molecular weight is 401 g/mol. The molecule has 1 aliphatic heterocycles. The second-order valence-electron chi connectivity index (χ2n) is 7.18. The molecule has 150 valence electrons. The SMILES string of the molecule is FC(F)(F)c1cnn(Cc2nc3cnc4ccccc4c3n2C2CCOCC2)c1. The van der Waals surface area contributed by atoms with E-state index in [9.17, 15) is 13.2 Å². The fourth-order valence-electron chi connectivity index (χ4n) is 3.96. The second kappa shape index (κ2) is 6.84. The monoisotopic (exact) mass is 401 g/mol. The molecule has 4 heterocycles. The van der Waals surface area contributed by atoms with Crippen LogP contribution < -0.4 is 0 Å².